The summed E-state index contributed by atoms with van der Waals surface area (Å²) in [4.78, 5) is 0. The topological polar surface area (TPSA) is 75.4 Å². The van der Waals surface area contributed by atoms with Crippen LogP contribution in [0, 0.1) is 0 Å². The van der Waals surface area contributed by atoms with E-state index in [9.17, 15) is 8.42 Å². The van der Waals surface area contributed by atoms with Gasteiger partial charge in [-0.1, -0.05) is 18.5 Å². The third-order valence-electron chi connectivity index (χ3n) is 2.95. The quantitative estimate of drug-likeness (QED) is 0.841. The van der Waals surface area contributed by atoms with Crippen LogP contribution in [0.3, 0.4) is 0 Å². The van der Waals surface area contributed by atoms with Crippen molar-refractivity contribution in [3.8, 4) is 0 Å². The van der Waals surface area contributed by atoms with E-state index in [2.05, 4.69) is 16.8 Å². The number of hydrogen-bond acceptors (Lipinski definition) is 4. The summed E-state index contributed by atoms with van der Waals surface area (Å²) in [6.45, 7) is 3.43. The number of hydrogen-bond donors (Lipinski definition) is 1. The maximum atomic E-state index is 11.9. The maximum absolute atomic E-state index is 11.9. The Kier molecular flexibility index (Phi) is 4.36. The first-order valence-electron chi connectivity index (χ1n) is 6.31. The second-order valence-electron chi connectivity index (χ2n) is 4.47. The van der Waals surface area contributed by atoms with Gasteiger partial charge in [0.1, 0.15) is 0 Å². The van der Waals surface area contributed by atoms with Crippen LogP contribution in [0.25, 0.3) is 0 Å². The smallest absolute Gasteiger partial charge is 0.279 e. The van der Waals surface area contributed by atoms with Gasteiger partial charge in [0.15, 0.2) is 5.76 Å². The standard InChI is InChI=1S/C11H19N3O3S/c1-2-5-10-8-11(17-13-10)9-12-18(15,16)14-6-3-4-7-14/h8,12H,2-7,9H2,1H3. The molecule has 0 radical (unpaired) electrons. The molecule has 18 heavy (non-hydrogen) atoms. The average molecular weight is 273 g/mol. The summed E-state index contributed by atoms with van der Waals surface area (Å²) in [6.07, 6.45) is 3.71. The Morgan fingerprint density at radius 2 is 2.17 bits per heavy atom. The molecule has 7 heteroatoms. The van der Waals surface area contributed by atoms with Gasteiger partial charge in [-0.3, -0.25) is 0 Å². The van der Waals surface area contributed by atoms with Crippen molar-refractivity contribution in [3.63, 3.8) is 0 Å². The number of rotatable bonds is 6. The lowest BCUT2D eigenvalue weighted by Crippen LogP contribution is -2.38. The zero-order chi connectivity index (χ0) is 13.0. The Morgan fingerprint density at radius 3 is 2.83 bits per heavy atom. The Labute approximate surface area is 108 Å². The molecule has 1 fully saturated rings. The summed E-state index contributed by atoms with van der Waals surface area (Å²) in [7, 11) is -3.37. The van der Waals surface area contributed by atoms with E-state index in [1.165, 1.54) is 4.31 Å². The van der Waals surface area contributed by atoms with Gasteiger partial charge in [-0.15, -0.1) is 0 Å². The molecule has 2 rings (SSSR count). The van der Waals surface area contributed by atoms with E-state index in [0.29, 0.717) is 18.8 Å². The monoisotopic (exact) mass is 273 g/mol. The molecule has 1 aliphatic rings. The average Bonchev–Trinajstić information content (AvgIpc) is 2.98. The highest BCUT2D eigenvalue weighted by atomic mass is 32.2. The number of aromatic nitrogens is 1. The van der Waals surface area contributed by atoms with Gasteiger partial charge in [0.05, 0.1) is 12.2 Å². The molecule has 0 aromatic carbocycles. The lowest BCUT2D eigenvalue weighted by atomic mass is 10.2. The van der Waals surface area contributed by atoms with Crippen molar-refractivity contribution < 1.29 is 12.9 Å². The van der Waals surface area contributed by atoms with E-state index < -0.39 is 10.2 Å². The molecule has 0 unspecified atom stereocenters. The van der Waals surface area contributed by atoms with Crippen molar-refractivity contribution in [2.45, 2.75) is 39.2 Å². The molecule has 0 saturated carbocycles. The van der Waals surface area contributed by atoms with E-state index in [-0.39, 0.29) is 6.54 Å². The summed E-state index contributed by atoms with van der Waals surface area (Å²) in [5, 5.41) is 3.88. The lowest BCUT2D eigenvalue weighted by Gasteiger charge is -2.14. The van der Waals surface area contributed by atoms with Crippen molar-refractivity contribution in [3.05, 3.63) is 17.5 Å². The van der Waals surface area contributed by atoms with Gasteiger partial charge in [0, 0.05) is 19.2 Å². The third-order valence-corrected chi connectivity index (χ3v) is 4.50. The minimum atomic E-state index is -3.37. The van der Waals surface area contributed by atoms with Crippen LogP contribution in [0.4, 0.5) is 0 Å². The minimum absolute atomic E-state index is 0.162. The molecule has 0 aliphatic carbocycles. The first kappa shape index (κ1) is 13.5. The van der Waals surface area contributed by atoms with Crippen LogP contribution in [0.1, 0.15) is 37.6 Å². The first-order chi connectivity index (χ1) is 8.62. The molecule has 0 amide bonds. The molecule has 1 saturated heterocycles. The molecule has 2 heterocycles. The molecule has 6 nitrogen and oxygen atoms in total. The van der Waals surface area contributed by atoms with Crippen LogP contribution in [0.2, 0.25) is 0 Å². The van der Waals surface area contributed by atoms with E-state index in [1.807, 2.05) is 0 Å². The molecule has 1 aromatic heterocycles. The zero-order valence-corrected chi connectivity index (χ0v) is 11.4. The summed E-state index contributed by atoms with van der Waals surface area (Å²) in [5.41, 5.74) is 0.868. The van der Waals surface area contributed by atoms with Crippen molar-refractivity contribution in [2.75, 3.05) is 13.1 Å². The number of nitrogens with zero attached hydrogens (tertiary/aromatic N) is 2. The molecule has 0 bridgehead atoms. The second-order valence-corrected chi connectivity index (χ2v) is 6.22. The van der Waals surface area contributed by atoms with E-state index in [0.717, 1.165) is 31.4 Å². The molecular weight excluding hydrogens is 254 g/mol. The summed E-state index contributed by atoms with van der Waals surface area (Å²) in [5.74, 6) is 0.557. The molecule has 1 aliphatic heterocycles. The van der Waals surface area contributed by atoms with Crippen LogP contribution in [-0.2, 0) is 23.2 Å². The molecule has 102 valence electrons. The zero-order valence-electron chi connectivity index (χ0n) is 10.6. The highest BCUT2D eigenvalue weighted by Gasteiger charge is 2.25. The van der Waals surface area contributed by atoms with Gasteiger partial charge in [0.25, 0.3) is 10.2 Å². The van der Waals surface area contributed by atoms with Gasteiger partial charge in [0.2, 0.25) is 0 Å². The maximum Gasteiger partial charge on any atom is 0.279 e. The summed E-state index contributed by atoms with van der Waals surface area (Å²) < 4.78 is 32.9. The van der Waals surface area contributed by atoms with Crippen LogP contribution < -0.4 is 4.72 Å². The molecular formula is C11H19N3O3S. The fourth-order valence-corrected chi connectivity index (χ4v) is 3.24. The predicted molar refractivity (Wildman–Crippen MR) is 67.1 cm³/mol. The molecule has 1 aromatic rings. The van der Waals surface area contributed by atoms with Gasteiger partial charge < -0.3 is 4.52 Å². The van der Waals surface area contributed by atoms with Crippen molar-refractivity contribution in [2.24, 2.45) is 0 Å². The third kappa shape index (κ3) is 3.30. The highest BCUT2D eigenvalue weighted by molar-refractivity contribution is 7.87. The normalized spacial score (nSPS) is 17.4. The van der Waals surface area contributed by atoms with Gasteiger partial charge in [-0.05, 0) is 19.3 Å². The van der Waals surface area contributed by atoms with Gasteiger partial charge >= 0.3 is 0 Å². The largest absolute Gasteiger partial charge is 0.360 e. The SMILES string of the molecule is CCCc1cc(CNS(=O)(=O)N2CCCC2)on1. The molecule has 1 N–H and O–H groups in total. The van der Waals surface area contributed by atoms with Crippen LogP contribution in [-0.4, -0.2) is 31.0 Å². The van der Waals surface area contributed by atoms with E-state index in [1.54, 1.807) is 6.07 Å². The van der Waals surface area contributed by atoms with Gasteiger partial charge in [-0.25, -0.2) is 0 Å². The van der Waals surface area contributed by atoms with E-state index in [4.69, 9.17) is 4.52 Å². The van der Waals surface area contributed by atoms with Crippen molar-refractivity contribution in [1.82, 2.24) is 14.2 Å². The first-order valence-corrected chi connectivity index (χ1v) is 7.75. The minimum Gasteiger partial charge on any atom is -0.360 e. The lowest BCUT2D eigenvalue weighted by molar-refractivity contribution is 0.371. The number of nitrogens with one attached hydrogen (secondary N) is 1. The summed E-state index contributed by atoms with van der Waals surface area (Å²) >= 11 is 0. The number of aryl methyl sites for hydroxylation is 1. The molecule has 0 spiro atoms. The van der Waals surface area contributed by atoms with Crippen molar-refractivity contribution >= 4 is 10.2 Å². The Morgan fingerprint density at radius 1 is 1.44 bits per heavy atom. The fourth-order valence-electron chi connectivity index (χ4n) is 2.00. The van der Waals surface area contributed by atoms with Gasteiger partial charge in [-0.2, -0.15) is 17.4 Å². The Balaban J connectivity index is 1.89. The molecule has 0 atom stereocenters. The second kappa shape index (κ2) is 5.81. The fraction of sp³-hybridized carbons (Fsp3) is 0.727. The Hall–Kier alpha value is -0.920. The van der Waals surface area contributed by atoms with Crippen LogP contribution in [0.5, 0.6) is 0 Å². The summed E-state index contributed by atoms with van der Waals surface area (Å²) in [6, 6.07) is 1.80. The predicted octanol–water partition coefficient (Wildman–Crippen LogP) is 1.06. The van der Waals surface area contributed by atoms with Crippen LogP contribution in [0.15, 0.2) is 10.6 Å². The van der Waals surface area contributed by atoms with Crippen LogP contribution >= 0.6 is 0 Å². The van der Waals surface area contributed by atoms with Crippen molar-refractivity contribution in [1.29, 1.82) is 0 Å². The van der Waals surface area contributed by atoms with E-state index >= 15 is 0 Å². The highest BCUT2D eigenvalue weighted by Crippen LogP contribution is 2.12. The Bertz CT molecular complexity index is 477.